The fraction of sp³-hybridized carbons (Fsp3) is 0.474. The maximum Gasteiger partial charge on any atom is 0.491 e. The number of carbonyl (C=O) groups is 2. The maximum absolute atomic E-state index is 11.5. The van der Waals surface area contributed by atoms with Crippen molar-refractivity contribution in [1.29, 1.82) is 0 Å². The van der Waals surface area contributed by atoms with Crippen molar-refractivity contribution >= 4 is 36.4 Å². The third kappa shape index (κ3) is 4.56. The van der Waals surface area contributed by atoms with E-state index in [1.165, 1.54) is 20.1 Å². The molecule has 1 aliphatic rings. The van der Waals surface area contributed by atoms with Crippen molar-refractivity contribution < 1.29 is 28.7 Å². The molecule has 1 aliphatic heterocycles. The van der Waals surface area contributed by atoms with E-state index in [2.05, 4.69) is 0 Å². The van der Waals surface area contributed by atoms with E-state index >= 15 is 0 Å². The van der Waals surface area contributed by atoms with Gasteiger partial charge in [-0.15, -0.1) is 0 Å². The van der Waals surface area contributed by atoms with E-state index in [1.807, 2.05) is 27.7 Å². The molecule has 2 rings (SSSR count). The monoisotopic (exact) mass is 392 g/mol. The molecule has 0 saturated carbocycles. The van der Waals surface area contributed by atoms with Gasteiger partial charge in [-0.05, 0) is 45.3 Å². The van der Waals surface area contributed by atoms with E-state index in [1.54, 1.807) is 12.1 Å². The Balaban J connectivity index is 2.52. The van der Waals surface area contributed by atoms with E-state index in [4.69, 9.17) is 14.0 Å². The number of thioether (sulfide) groups is 1. The Morgan fingerprint density at radius 2 is 1.85 bits per heavy atom. The largest absolute Gasteiger partial charge is 0.504 e. The Labute approximate surface area is 164 Å². The lowest BCUT2D eigenvalue weighted by Gasteiger charge is -2.32. The second-order valence-electron chi connectivity index (χ2n) is 7.32. The molecule has 27 heavy (non-hydrogen) atoms. The minimum atomic E-state index is -0.702. The van der Waals surface area contributed by atoms with Gasteiger partial charge >= 0.3 is 7.12 Å². The summed E-state index contributed by atoms with van der Waals surface area (Å²) in [5.74, 6) is 0.407. The molecule has 0 spiro atoms. The van der Waals surface area contributed by atoms with Crippen LogP contribution in [0.2, 0.25) is 0 Å². The Hall–Kier alpha value is -1.77. The first-order chi connectivity index (χ1) is 12.5. The lowest BCUT2D eigenvalue weighted by atomic mass is 9.78. The first-order valence-corrected chi connectivity index (χ1v) is 9.55. The van der Waals surface area contributed by atoms with Gasteiger partial charge in [0.05, 0.1) is 18.3 Å². The van der Waals surface area contributed by atoms with Gasteiger partial charge in [0.15, 0.2) is 22.9 Å². The van der Waals surface area contributed by atoms with E-state index < -0.39 is 18.3 Å². The van der Waals surface area contributed by atoms with Crippen LogP contribution in [0.15, 0.2) is 17.6 Å². The normalized spacial score (nSPS) is 18.4. The summed E-state index contributed by atoms with van der Waals surface area (Å²) >= 11 is 1.11. The second-order valence-corrected chi connectivity index (χ2v) is 8.48. The van der Waals surface area contributed by atoms with Crippen molar-refractivity contribution in [3.8, 4) is 11.5 Å². The number of hydrogen-bond donors (Lipinski definition) is 1. The number of rotatable bonds is 6. The third-order valence-corrected chi connectivity index (χ3v) is 5.77. The minimum Gasteiger partial charge on any atom is -0.504 e. The second kappa shape index (κ2) is 8.08. The molecule has 1 aromatic carbocycles. The van der Waals surface area contributed by atoms with Crippen molar-refractivity contribution in [3.05, 3.63) is 28.7 Å². The number of carbonyl (C=O) groups excluding carboxylic acids is 2. The van der Waals surface area contributed by atoms with Crippen LogP contribution in [0.4, 0.5) is 0 Å². The number of methoxy groups -OCH3 is 1. The molecule has 0 aliphatic carbocycles. The van der Waals surface area contributed by atoms with Crippen molar-refractivity contribution in [3.63, 3.8) is 0 Å². The first kappa shape index (κ1) is 21.5. The number of aldehydes is 1. The molecule has 6 nitrogen and oxygen atoms in total. The predicted molar refractivity (Wildman–Crippen MR) is 107 cm³/mol. The van der Waals surface area contributed by atoms with Gasteiger partial charge in [0, 0.05) is 23.8 Å². The highest BCUT2D eigenvalue weighted by molar-refractivity contribution is 8.13. The SMILES string of the molecule is COc1ccc(C=O)c(C=C(CSC(C)=O)B2OC(C)(C)C(C)(C)O2)c1O. The number of benzene rings is 1. The zero-order valence-corrected chi connectivity index (χ0v) is 17.3. The highest BCUT2D eigenvalue weighted by Gasteiger charge is 2.52. The molecule has 0 unspecified atom stereocenters. The molecule has 1 saturated heterocycles. The molecule has 1 aromatic rings. The smallest absolute Gasteiger partial charge is 0.491 e. The summed E-state index contributed by atoms with van der Waals surface area (Å²) in [5.41, 5.74) is 0.136. The number of hydrogen-bond acceptors (Lipinski definition) is 7. The van der Waals surface area contributed by atoms with Gasteiger partial charge in [0.25, 0.3) is 0 Å². The van der Waals surface area contributed by atoms with Crippen LogP contribution in [0.25, 0.3) is 6.08 Å². The van der Waals surface area contributed by atoms with Crippen LogP contribution in [0.5, 0.6) is 11.5 Å². The van der Waals surface area contributed by atoms with Crippen molar-refractivity contribution in [2.45, 2.75) is 45.8 Å². The summed E-state index contributed by atoms with van der Waals surface area (Å²) in [7, 11) is 0.733. The Morgan fingerprint density at radius 1 is 1.26 bits per heavy atom. The van der Waals surface area contributed by atoms with Gasteiger partial charge in [-0.3, -0.25) is 9.59 Å². The molecular weight excluding hydrogens is 367 g/mol. The van der Waals surface area contributed by atoms with Crippen LogP contribution in [0.1, 0.15) is 50.5 Å². The fourth-order valence-electron chi connectivity index (χ4n) is 2.57. The highest BCUT2D eigenvalue weighted by Crippen LogP contribution is 2.40. The molecular formula is C19H25BO6S. The Bertz CT molecular complexity index is 756. The zero-order chi connectivity index (χ0) is 20.4. The average molecular weight is 392 g/mol. The summed E-state index contributed by atoms with van der Waals surface area (Å²) in [6, 6.07) is 3.09. The number of phenolic OH excluding ortho intramolecular Hbond substituents is 1. The molecule has 0 bridgehead atoms. The number of aromatic hydroxyl groups is 1. The molecule has 8 heteroatoms. The average Bonchev–Trinajstić information content (AvgIpc) is 2.79. The van der Waals surface area contributed by atoms with E-state index in [9.17, 15) is 14.7 Å². The topological polar surface area (TPSA) is 82.1 Å². The van der Waals surface area contributed by atoms with Gasteiger partial charge < -0.3 is 19.2 Å². The highest BCUT2D eigenvalue weighted by atomic mass is 32.2. The third-order valence-electron chi connectivity index (χ3n) is 4.89. The van der Waals surface area contributed by atoms with Gasteiger partial charge in [0.1, 0.15) is 0 Å². The molecule has 0 radical (unpaired) electrons. The van der Waals surface area contributed by atoms with E-state index in [0.717, 1.165) is 11.8 Å². The van der Waals surface area contributed by atoms with Gasteiger partial charge in [-0.25, -0.2) is 0 Å². The standard InChI is InChI=1S/C19H25BO6S/c1-12(22)27-11-14(20-25-18(2,3)19(4,5)26-20)9-15-13(10-21)7-8-16(24-6)17(15)23/h7-10,23H,11H2,1-6H3. The van der Waals surface area contributed by atoms with Gasteiger partial charge in [-0.2, -0.15) is 0 Å². The Kier molecular flexibility index (Phi) is 6.45. The van der Waals surface area contributed by atoms with E-state index in [0.29, 0.717) is 28.6 Å². The summed E-state index contributed by atoms with van der Waals surface area (Å²) in [6.07, 6.45) is 2.30. The van der Waals surface area contributed by atoms with Crippen molar-refractivity contribution in [2.75, 3.05) is 12.9 Å². The quantitative estimate of drug-likeness (QED) is 0.586. The first-order valence-electron chi connectivity index (χ1n) is 8.57. The summed E-state index contributed by atoms with van der Waals surface area (Å²) < 4.78 is 17.3. The predicted octanol–water partition coefficient (Wildman–Crippen LogP) is 3.51. The lowest BCUT2D eigenvalue weighted by Crippen LogP contribution is -2.41. The molecule has 0 atom stereocenters. The van der Waals surface area contributed by atoms with Gasteiger partial charge in [0.2, 0.25) is 0 Å². The maximum atomic E-state index is 11.5. The van der Waals surface area contributed by atoms with Crippen molar-refractivity contribution in [1.82, 2.24) is 0 Å². The van der Waals surface area contributed by atoms with Crippen LogP contribution in [-0.2, 0) is 14.1 Å². The molecule has 146 valence electrons. The number of phenols is 1. The van der Waals surface area contributed by atoms with Gasteiger partial charge in [-0.1, -0.05) is 17.8 Å². The van der Waals surface area contributed by atoms with Crippen molar-refractivity contribution in [2.24, 2.45) is 0 Å². The van der Waals surface area contributed by atoms with Crippen LogP contribution in [-0.4, -0.2) is 47.7 Å². The summed E-state index contributed by atoms with van der Waals surface area (Å²) in [6.45, 7) is 9.21. The minimum absolute atomic E-state index is 0.0529. The lowest BCUT2D eigenvalue weighted by molar-refractivity contribution is -0.109. The van der Waals surface area contributed by atoms with E-state index in [-0.39, 0.29) is 16.6 Å². The van der Waals surface area contributed by atoms with Crippen LogP contribution in [0.3, 0.4) is 0 Å². The van der Waals surface area contributed by atoms with Crippen LogP contribution < -0.4 is 4.74 Å². The molecule has 1 N–H and O–H groups in total. The van der Waals surface area contributed by atoms with Crippen LogP contribution in [0, 0.1) is 0 Å². The van der Waals surface area contributed by atoms with Crippen LogP contribution >= 0.6 is 11.8 Å². The number of ether oxygens (including phenoxy) is 1. The Morgan fingerprint density at radius 3 is 2.33 bits per heavy atom. The molecule has 0 aromatic heterocycles. The summed E-state index contributed by atoms with van der Waals surface area (Å²) in [5, 5.41) is 10.4. The zero-order valence-electron chi connectivity index (χ0n) is 16.5. The fourth-order valence-corrected chi connectivity index (χ4v) is 3.15. The summed E-state index contributed by atoms with van der Waals surface area (Å²) in [4.78, 5) is 22.9. The molecule has 1 fully saturated rings. The molecule has 0 amide bonds. The molecule has 1 heterocycles.